The van der Waals surface area contributed by atoms with Crippen LogP contribution in [0.5, 0.6) is 0 Å². The number of carbonyl (C=O) groups excluding carboxylic acids is 1. The van der Waals surface area contributed by atoms with Crippen molar-refractivity contribution >= 4 is 37.4 Å². The summed E-state index contributed by atoms with van der Waals surface area (Å²) in [5.41, 5.74) is 1.30. The minimum Gasteiger partial charge on any atom is -0.295 e. The molecule has 0 N–H and O–H groups in total. The van der Waals surface area contributed by atoms with Crippen LogP contribution < -0.4 is 0 Å². The molecule has 1 aliphatic heterocycles. The van der Waals surface area contributed by atoms with Crippen LogP contribution in [0, 0.1) is 0 Å². The number of Topliss-reactive ketones (excluding diaryl/α,β-unsaturated/α-hetero) is 1. The number of thiazole rings is 1. The van der Waals surface area contributed by atoms with Crippen molar-refractivity contribution in [1.29, 1.82) is 0 Å². The van der Waals surface area contributed by atoms with E-state index in [1.807, 2.05) is 24.3 Å². The van der Waals surface area contributed by atoms with Gasteiger partial charge < -0.3 is 0 Å². The highest BCUT2D eigenvalue weighted by Crippen LogP contribution is 2.39. The number of benzene rings is 2. The van der Waals surface area contributed by atoms with Crippen LogP contribution in [0.15, 0.2) is 53.4 Å². The van der Waals surface area contributed by atoms with Crippen molar-refractivity contribution in [2.75, 3.05) is 6.54 Å². The van der Waals surface area contributed by atoms with Gasteiger partial charge in [0, 0.05) is 12.1 Å². The summed E-state index contributed by atoms with van der Waals surface area (Å²) in [6.07, 6.45) is 1.55. The van der Waals surface area contributed by atoms with E-state index >= 15 is 0 Å². The second-order valence-electron chi connectivity index (χ2n) is 6.38. The van der Waals surface area contributed by atoms with Crippen LogP contribution in [0.25, 0.3) is 10.2 Å². The third-order valence-electron chi connectivity index (χ3n) is 4.65. The molecule has 0 spiro atoms. The first kappa shape index (κ1) is 17.3. The van der Waals surface area contributed by atoms with Crippen LogP contribution in [-0.4, -0.2) is 30.0 Å². The smallest absolute Gasteiger partial charge is 0.243 e. The summed E-state index contributed by atoms with van der Waals surface area (Å²) < 4.78 is 29.0. The largest absolute Gasteiger partial charge is 0.295 e. The Labute approximate surface area is 156 Å². The number of hydrogen-bond acceptors (Lipinski definition) is 5. The Morgan fingerprint density at radius 2 is 2.00 bits per heavy atom. The van der Waals surface area contributed by atoms with Crippen LogP contribution in [-0.2, 0) is 10.0 Å². The number of hydrogen-bond donors (Lipinski definition) is 0. The Bertz CT molecular complexity index is 1060. The third-order valence-corrected chi connectivity index (χ3v) is 7.69. The molecule has 0 saturated carbocycles. The number of para-hydroxylation sites is 1. The number of carbonyl (C=O) groups is 1. The van der Waals surface area contributed by atoms with Gasteiger partial charge >= 0.3 is 0 Å². The first-order valence-electron chi connectivity index (χ1n) is 8.45. The number of aromatic nitrogens is 1. The Morgan fingerprint density at radius 3 is 2.77 bits per heavy atom. The predicted molar refractivity (Wildman–Crippen MR) is 102 cm³/mol. The minimum absolute atomic E-state index is 0.147. The first-order valence-corrected chi connectivity index (χ1v) is 10.7. The molecule has 0 amide bonds. The number of nitrogens with zero attached hydrogens (tertiary/aromatic N) is 2. The number of sulfonamides is 1. The van der Waals surface area contributed by atoms with Gasteiger partial charge in [0.2, 0.25) is 10.0 Å². The third kappa shape index (κ3) is 2.96. The van der Waals surface area contributed by atoms with Crippen LogP contribution >= 0.6 is 11.3 Å². The molecular weight excluding hydrogens is 368 g/mol. The summed E-state index contributed by atoms with van der Waals surface area (Å²) >= 11 is 1.55. The molecule has 2 heterocycles. The van der Waals surface area contributed by atoms with Gasteiger partial charge in [0.15, 0.2) is 5.78 Å². The summed E-state index contributed by atoms with van der Waals surface area (Å²) in [7, 11) is -3.68. The van der Waals surface area contributed by atoms with E-state index < -0.39 is 10.0 Å². The molecular formula is C19H18N2O3S2. The van der Waals surface area contributed by atoms with Gasteiger partial charge in [-0.05, 0) is 44.0 Å². The van der Waals surface area contributed by atoms with Crippen molar-refractivity contribution in [1.82, 2.24) is 9.29 Å². The van der Waals surface area contributed by atoms with Crippen molar-refractivity contribution in [3.63, 3.8) is 0 Å². The van der Waals surface area contributed by atoms with E-state index in [0.717, 1.165) is 28.1 Å². The van der Waals surface area contributed by atoms with Gasteiger partial charge in [-0.3, -0.25) is 4.79 Å². The van der Waals surface area contributed by atoms with Gasteiger partial charge in [0.25, 0.3) is 0 Å². The van der Waals surface area contributed by atoms with Crippen LogP contribution in [0.4, 0.5) is 0 Å². The molecule has 1 aliphatic rings. The van der Waals surface area contributed by atoms with Gasteiger partial charge in [0.1, 0.15) is 5.01 Å². The second kappa shape index (κ2) is 6.57. The maximum Gasteiger partial charge on any atom is 0.243 e. The molecule has 3 aromatic rings. The van der Waals surface area contributed by atoms with Crippen molar-refractivity contribution in [3.05, 3.63) is 59.1 Å². The van der Waals surface area contributed by atoms with Gasteiger partial charge in [-0.15, -0.1) is 11.3 Å². The van der Waals surface area contributed by atoms with Gasteiger partial charge in [-0.1, -0.05) is 24.3 Å². The van der Waals surface area contributed by atoms with Gasteiger partial charge in [-0.2, -0.15) is 4.31 Å². The zero-order valence-corrected chi connectivity index (χ0v) is 15.9. The summed E-state index contributed by atoms with van der Waals surface area (Å²) in [5, 5.41) is 0.829. The average molecular weight is 386 g/mol. The van der Waals surface area contributed by atoms with Gasteiger partial charge in [-0.25, -0.2) is 13.4 Å². The van der Waals surface area contributed by atoms with Crippen LogP contribution in [0.1, 0.15) is 41.2 Å². The fourth-order valence-electron chi connectivity index (χ4n) is 3.32. The van der Waals surface area contributed by atoms with E-state index in [2.05, 4.69) is 4.98 Å². The summed E-state index contributed by atoms with van der Waals surface area (Å²) in [6.45, 7) is 1.90. The standard InChI is InChI=1S/C19H18N2O3S2/c1-13(22)14-6-4-7-15(12-14)26(23,24)21-11-5-9-17(21)19-20-16-8-2-3-10-18(16)25-19/h2-4,6-8,10,12,17H,5,9,11H2,1H3/t17-/m0/s1. The maximum absolute atomic E-state index is 13.2. The molecule has 134 valence electrons. The Kier molecular flexibility index (Phi) is 4.38. The summed E-state index contributed by atoms with van der Waals surface area (Å²) in [4.78, 5) is 16.4. The molecule has 0 aliphatic carbocycles. The predicted octanol–water partition coefficient (Wildman–Crippen LogP) is 4.02. The molecule has 1 saturated heterocycles. The number of ketones is 1. The number of rotatable bonds is 4. The molecule has 4 rings (SSSR count). The fraction of sp³-hybridized carbons (Fsp3) is 0.263. The Balaban J connectivity index is 1.73. The Hall–Kier alpha value is -2.09. The summed E-state index contributed by atoms with van der Waals surface area (Å²) in [6, 6.07) is 13.9. The molecule has 0 bridgehead atoms. The zero-order chi connectivity index (χ0) is 18.3. The lowest BCUT2D eigenvalue weighted by Gasteiger charge is -2.22. The minimum atomic E-state index is -3.68. The van der Waals surface area contributed by atoms with Crippen LogP contribution in [0.2, 0.25) is 0 Å². The molecule has 7 heteroatoms. The molecule has 5 nitrogen and oxygen atoms in total. The second-order valence-corrected chi connectivity index (χ2v) is 9.33. The van der Waals surface area contributed by atoms with Gasteiger partial charge in [0.05, 0.1) is 21.2 Å². The molecule has 1 atom stereocenters. The van der Waals surface area contributed by atoms with E-state index in [4.69, 9.17) is 0 Å². The van der Waals surface area contributed by atoms with Crippen molar-refractivity contribution in [2.24, 2.45) is 0 Å². The highest BCUT2D eigenvalue weighted by Gasteiger charge is 2.38. The quantitative estimate of drug-likeness (QED) is 0.635. The lowest BCUT2D eigenvalue weighted by Crippen LogP contribution is -2.30. The molecule has 0 unspecified atom stereocenters. The highest BCUT2D eigenvalue weighted by atomic mass is 32.2. The zero-order valence-electron chi connectivity index (χ0n) is 14.3. The van der Waals surface area contributed by atoms with E-state index in [1.165, 1.54) is 17.3 Å². The first-order chi connectivity index (χ1) is 12.5. The Morgan fingerprint density at radius 1 is 1.19 bits per heavy atom. The van der Waals surface area contributed by atoms with E-state index in [0.29, 0.717) is 12.1 Å². The van der Waals surface area contributed by atoms with Crippen LogP contribution in [0.3, 0.4) is 0 Å². The van der Waals surface area contributed by atoms with E-state index in [9.17, 15) is 13.2 Å². The maximum atomic E-state index is 13.2. The molecule has 2 aromatic carbocycles. The lowest BCUT2D eigenvalue weighted by molar-refractivity contribution is 0.101. The van der Waals surface area contributed by atoms with Crippen molar-refractivity contribution in [2.45, 2.75) is 30.7 Å². The summed E-state index contributed by atoms with van der Waals surface area (Å²) in [5.74, 6) is -0.147. The lowest BCUT2D eigenvalue weighted by atomic mass is 10.2. The van der Waals surface area contributed by atoms with Crippen molar-refractivity contribution in [3.8, 4) is 0 Å². The highest BCUT2D eigenvalue weighted by molar-refractivity contribution is 7.89. The van der Waals surface area contributed by atoms with E-state index in [1.54, 1.807) is 29.5 Å². The number of fused-ring (bicyclic) bond motifs is 1. The van der Waals surface area contributed by atoms with E-state index in [-0.39, 0.29) is 16.7 Å². The topological polar surface area (TPSA) is 67.3 Å². The fourth-order valence-corrected chi connectivity index (χ4v) is 6.21. The average Bonchev–Trinajstić information content (AvgIpc) is 3.28. The molecule has 26 heavy (non-hydrogen) atoms. The molecule has 0 radical (unpaired) electrons. The monoisotopic (exact) mass is 386 g/mol. The SMILES string of the molecule is CC(=O)c1cccc(S(=O)(=O)N2CCC[C@H]2c2nc3ccccc3s2)c1. The molecule has 1 fully saturated rings. The molecule has 1 aromatic heterocycles. The normalized spacial score (nSPS) is 18.4. The van der Waals surface area contributed by atoms with Crippen molar-refractivity contribution < 1.29 is 13.2 Å².